The lowest BCUT2D eigenvalue weighted by Gasteiger charge is -2.12. The number of carbonyl (C=O) groups is 2. The third-order valence-electron chi connectivity index (χ3n) is 2.99. The zero-order valence-corrected chi connectivity index (χ0v) is 13.5. The van der Waals surface area contributed by atoms with Crippen LogP contribution < -0.4 is 4.74 Å². The molecule has 0 spiro atoms. The molecule has 0 saturated heterocycles. The number of ether oxygens (including phenoxy) is 2. The van der Waals surface area contributed by atoms with Crippen molar-refractivity contribution in [3.63, 3.8) is 0 Å². The van der Waals surface area contributed by atoms with Crippen LogP contribution in [-0.4, -0.2) is 29.4 Å². The lowest BCUT2D eigenvalue weighted by Crippen LogP contribution is -2.24. The van der Waals surface area contributed by atoms with Crippen LogP contribution in [0.5, 0.6) is 5.75 Å². The zero-order valence-electron chi connectivity index (χ0n) is 12.7. The summed E-state index contributed by atoms with van der Waals surface area (Å²) in [6.07, 6.45) is -1.16. The maximum Gasteiger partial charge on any atom is 0.387 e. The lowest BCUT2D eigenvalue weighted by molar-refractivity contribution is -0.380. The Kier molecular flexibility index (Phi) is 5.75. The SMILES string of the molecule is C[C@@H](OC(=O)c1ccc([N+](=O)[O-])s1)C(=O)c1ccc(OC(F)F)cc1. The number of benzene rings is 1. The molecule has 0 aliphatic rings. The molecular formula is C15H11F2NO6S. The van der Waals surface area contributed by atoms with E-state index in [-0.39, 0.29) is 21.2 Å². The zero-order chi connectivity index (χ0) is 18.6. The molecule has 132 valence electrons. The molecule has 0 aliphatic carbocycles. The van der Waals surface area contributed by atoms with Gasteiger partial charge in [0.15, 0.2) is 6.10 Å². The average Bonchev–Trinajstić information content (AvgIpc) is 3.04. The number of hydrogen-bond donors (Lipinski definition) is 0. The fourth-order valence-electron chi connectivity index (χ4n) is 1.84. The van der Waals surface area contributed by atoms with Crippen molar-refractivity contribution in [3.05, 3.63) is 57.0 Å². The van der Waals surface area contributed by atoms with Crippen LogP contribution >= 0.6 is 11.3 Å². The molecule has 25 heavy (non-hydrogen) atoms. The van der Waals surface area contributed by atoms with Gasteiger partial charge in [-0.05, 0) is 37.3 Å². The highest BCUT2D eigenvalue weighted by Gasteiger charge is 2.23. The van der Waals surface area contributed by atoms with E-state index in [1.165, 1.54) is 37.3 Å². The number of hydrogen-bond acceptors (Lipinski definition) is 7. The van der Waals surface area contributed by atoms with Gasteiger partial charge in [-0.2, -0.15) is 8.78 Å². The van der Waals surface area contributed by atoms with Gasteiger partial charge < -0.3 is 9.47 Å². The molecule has 1 heterocycles. The molecule has 2 aromatic rings. The first-order valence-corrected chi connectivity index (χ1v) is 7.64. The summed E-state index contributed by atoms with van der Waals surface area (Å²) in [5.41, 5.74) is 0.138. The number of halogens is 2. The fraction of sp³-hybridized carbons (Fsp3) is 0.200. The Balaban J connectivity index is 2.01. The Morgan fingerprint density at radius 1 is 1.16 bits per heavy atom. The first-order valence-electron chi connectivity index (χ1n) is 6.82. The smallest absolute Gasteiger partial charge is 0.387 e. The molecule has 7 nitrogen and oxygen atoms in total. The van der Waals surface area contributed by atoms with E-state index in [0.717, 1.165) is 6.07 Å². The van der Waals surface area contributed by atoms with Gasteiger partial charge in [-0.25, -0.2) is 4.79 Å². The number of nitrogens with zero attached hydrogens (tertiary/aromatic N) is 1. The second-order valence-electron chi connectivity index (χ2n) is 4.71. The van der Waals surface area contributed by atoms with E-state index in [0.29, 0.717) is 11.3 Å². The Morgan fingerprint density at radius 2 is 1.80 bits per heavy atom. The van der Waals surface area contributed by atoms with Gasteiger partial charge in [0.1, 0.15) is 10.6 Å². The summed E-state index contributed by atoms with van der Waals surface area (Å²) >= 11 is 0.634. The minimum Gasteiger partial charge on any atom is -0.450 e. The highest BCUT2D eigenvalue weighted by Crippen LogP contribution is 2.25. The summed E-state index contributed by atoms with van der Waals surface area (Å²) in [4.78, 5) is 34.1. The summed E-state index contributed by atoms with van der Waals surface area (Å²) in [7, 11) is 0. The molecule has 0 unspecified atom stereocenters. The summed E-state index contributed by atoms with van der Waals surface area (Å²) in [5, 5.41) is 10.4. The lowest BCUT2D eigenvalue weighted by atomic mass is 10.1. The number of rotatable bonds is 7. The van der Waals surface area contributed by atoms with E-state index in [1.807, 2.05) is 0 Å². The summed E-state index contributed by atoms with van der Waals surface area (Å²) in [6.45, 7) is -1.64. The molecule has 1 atom stereocenters. The monoisotopic (exact) mass is 371 g/mol. The first kappa shape index (κ1) is 18.5. The highest BCUT2D eigenvalue weighted by atomic mass is 32.1. The number of ketones is 1. The number of alkyl halides is 2. The van der Waals surface area contributed by atoms with Gasteiger partial charge in [-0.3, -0.25) is 14.9 Å². The predicted molar refractivity (Wildman–Crippen MR) is 83.3 cm³/mol. The van der Waals surface area contributed by atoms with E-state index in [4.69, 9.17) is 4.74 Å². The molecule has 0 bridgehead atoms. The molecule has 0 fully saturated rings. The third-order valence-corrected chi connectivity index (χ3v) is 4.01. The van der Waals surface area contributed by atoms with Gasteiger partial charge in [-0.1, -0.05) is 11.3 Å². The maximum atomic E-state index is 12.2. The molecule has 0 aliphatic heterocycles. The van der Waals surface area contributed by atoms with Crippen LogP contribution in [0.2, 0.25) is 0 Å². The molecule has 0 saturated carbocycles. The minimum absolute atomic E-state index is 0.00738. The molecule has 1 aromatic heterocycles. The van der Waals surface area contributed by atoms with Gasteiger partial charge in [0.05, 0.1) is 4.92 Å². The van der Waals surface area contributed by atoms with Gasteiger partial charge in [0.2, 0.25) is 5.78 Å². The van der Waals surface area contributed by atoms with Crippen LogP contribution in [0.1, 0.15) is 27.0 Å². The van der Waals surface area contributed by atoms with Crippen molar-refractivity contribution >= 4 is 28.1 Å². The normalized spacial score (nSPS) is 11.8. The van der Waals surface area contributed by atoms with E-state index in [1.54, 1.807) is 0 Å². The standard InChI is InChI=1S/C15H11F2NO6S/c1-8(23-14(20)11-6-7-12(25-11)18(21)22)13(19)9-2-4-10(5-3-9)24-15(16)17/h2-8,15H,1H3/t8-/m1/s1. The van der Waals surface area contributed by atoms with Crippen LogP contribution in [0.15, 0.2) is 36.4 Å². The van der Waals surface area contributed by atoms with Crippen LogP contribution in [0, 0.1) is 10.1 Å². The average molecular weight is 371 g/mol. The van der Waals surface area contributed by atoms with Gasteiger partial charge in [0.25, 0.3) is 0 Å². The van der Waals surface area contributed by atoms with Crippen molar-refractivity contribution in [3.8, 4) is 5.75 Å². The maximum absolute atomic E-state index is 12.2. The Bertz CT molecular complexity index is 790. The van der Waals surface area contributed by atoms with E-state index in [2.05, 4.69) is 4.74 Å². The second-order valence-corrected chi connectivity index (χ2v) is 5.77. The number of nitro groups is 1. The van der Waals surface area contributed by atoms with Gasteiger partial charge in [-0.15, -0.1) is 0 Å². The van der Waals surface area contributed by atoms with Crippen molar-refractivity contribution in [2.75, 3.05) is 0 Å². The van der Waals surface area contributed by atoms with Crippen molar-refractivity contribution in [1.82, 2.24) is 0 Å². The summed E-state index contributed by atoms with van der Waals surface area (Å²) in [6, 6.07) is 7.31. The Morgan fingerprint density at radius 3 is 2.32 bits per heavy atom. The van der Waals surface area contributed by atoms with Gasteiger partial charge in [0, 0.05) is 11.6 Å². The van der Waals surface area contributed by atoms with Crippen LogP contribution in [0.25, 0.3) is 0 Å². The Labute approximate surface area is 143 Å². The van der Waals surface area contributed by atoms with E-state index in [9.17, 15) is 28.5 Å². The minimum atomic E-state index is -2.98. The molecule has 1 aromatic carbocycles. The van der Waals surface area contributed by atoms with Crippen molar-refractivity contribution < 1.29 is 32.8 Å². The van der Waals surface area contributed by atoms with Gasteiger partial charge >= 0.3 is 17.6 Å². The molecule has 0 radical (unpaired) electrons. The van der Waals surface area contributed by atoms with Crippen LogP contribution in [-0.2, 0) is 4.74 Å². The van der Waals surface area contributed by atoms with Crippen molar-refractivity contribution in [1.29, 1.82) is 0 Å². The summed E-state index contributed by atoms with van der Waals surface area (Å²) in [5.74, 6) is -1.53. The highest BCUT2D eigenvalue weighted by molar-refractivity contribution is 7.17. The predicted octanol–water partition coefficient (Wildman–Crippen LogP) is 3.69. The van der Waals surface area contributed by atoms with Crippen LogP contribution in [0.4, 0.5) is 13.8 Å². The van der Waals surface area contributed by atoms with E-state index < -0.39 is 29.4 Å². The van der Waals surface area contributed by atoms with Crippen LogP contribution in [0.3, 0.4) is 0 Å². The fourth-order valence-corrected chi connectivity index (χ4v) is 2.55. The molecular weight excluding hydrogens is 360 g/mol. The number of esters is 1. The Hall–Kier alpha value is -2.88. The molecule has 2 rings (SSSR count). The number of Topliss-reactive ketones (excluding diaryl/α,β-unsaturated/α-hetero) is 1. The molecule has 0 N–H and O–H groups in total. The van der Waals surface area contributed by atoms with E-state index >= 15 is 0 Å². The number of carbonyl (C=O) groups excluding carboxylic acids is 2. The molecule has 0 amide bonds. The second kappa shape index (κ2) is 7.79. The first-order chi connectivity index (χ1) is 11.8. The summed E-state index contributed by atoms with van der Waals surface area (Å²) < 4.78 is 33.3. The quantitative estimate of drug-likeness (QED) is 0.319. The molecule has 10 heteroatoms. The van der Waals surface area contributed by atoms with Crippen molar-refractivity contribution in [2.24, 2.45) is 0 Å². The number of thiophene rings is 1. The third kappa shape index (κ3) is 4.80. The topological polar surface area (TPSA) is 95.7 Å². The van der Waals surface area contributed by atoms with Crippen molar-refractivity contribution in [2.45, 2.75) is 19.6 Å². The largest absolute Gasteiger partial charge is 0.450 e.